The minimum Gasteiger partial charge on any atom is -0.506 e. The van der Waals surface area contributed by atoms with Crippen LogP contribution in [0.1, 0.15) is 16.8 Å². The van der Waals surface area contributed by atoms with Gasteiger partial charge in [0, 0.05) is 18.5 Å². The minimum absolute atomic E-state index is 0.0193. The molecule has 0 radical (unpaired) electrons. The summed E-state index contributed by atoms with van der Waals surface area (Å²) in [6.07, 6.45) is 0.947. The van der Waals surface area contributed by atoms with Crippen LogP contribution in [0.4, 0.5) is 5.69 Å². The Morgan fingerprint density at radius 3 is 2.48 bits per heavy atom. The third-order valence-electron chi connectivity index (χ3n) is 4.06. The standard InChI is InChI=1S/C18H18N4O6S/c19-16(24)6-7-20-18(26)13-3-1-2-11(8-13)12-4-5-15(23)14(9-12)22-10-17(25)21-29(22,27)28/h1-5,8-10,21,23,25H,6-7H2,(H2,19,24)(H,20,26). The van der Waals surface area contributed by atoms with E-state index >= 15 is 0 Å². The molecule has 3 rings (SSSR count). The molecule has 0 aliphatic carbocycles. The molecule has 1 aliphatic heterocycles. The number of rotatable bonds is 6. The largest absolute Gasteiger partial charge is 0.506 e. The van der Waals surface area contributed by atoms with E-state index in [1.807, 2.05) is 4.72 Å². The number of amides is 2. The van der Waals surface area contributed by atoms with Crippen LogP contribution in [-0.4, -0.2) is 37.0 Å². The first-order valence-electron chi connectivity index (χ1n) is 8.40. The Hall–Kier alpha value is -3.73. The molecule has 0 saturated carbocycles. The lowest BCUT2D eigenvalue weighted by Crippen LogP contribution is -2.29. The van der Waals surface area contributed by atoms with Gasteiger partial charge in [0.05, 0.1) is 6.20 Å². The molecule has 29 heavy (non-hydrogen) atoms. The van der Waals surface area contributed by atoms with Crippen molar-refractivity contribution in [2.45, 2.75) is 6.42 Å². The van der Waals surface area contributed by atoms with Crippen molar-refractivity contribution in [1.29, 1.82) is 0 Å². The summed E-state index contributed by atoms with van der Waals surface area (Å²) in [6, 6.07) is 10.8. The van der Waals surface area contributed by atoms with Crippen LogP contribution < -0.4 is 20.1 Å². The first-order valence-corrected chi connectivity index (χ1v) is 9.84. The van der Waals surface area contributed by atoms with E-state index in [4.69, 9.17) is 5.73 Å². The van der Waals surface area contributed by atoms with E-state index in [0.29, 0.717) is 21.0 Å². The summed E-state index contributed by atoms with van der Waals surface area (Å²) in [5.41, 5.74) is 6.41. The normalized spacial score (nSPS) is 14.8. The number of primary amides is 1. The molecule has 152 valence electrons. The molecule has 0 fully saturated rings. The van der Waals surface area contributed by atoms with Gasteiger partial charge in [0.1, 0.15) is 11.4 Å². The zero-order valence-electron chi connectivity index (χ0n) is 15.0. The van der Waals surface area contributed by atoms with Crippen molar-refractivity contribution < 1.29 is 28.2 Å². The van der Waals surface area contributed by atoms with Crippen LogP contribution in [0.3, 0.4) is 0 Å². The molecule has 2 aromatic rings. The van der Waals surface area contributed by atoms with Crippen LogP contribution in [-0.2, 0) is 15.0 Å². The number of aliphatic hydroxyl groups excluding tert-OH is 1. The van der Waals surface area contributed by atoms with Gasteiger partial charge in [-0.2, -0.15) is 8.42 Å². The Kier molecular flexibility index (Phi) is 5.33. The topological polar surface area (TPSA) is 162 Å². The fraction of sp³-hybridized carbons (Fsp3) is 0.111. The van der Waals surface area contributed by atoms with Crippen LogP contribution in [0.15, 0.2) is 54.5 Å². The number of phenolic OH excluding ortho intramolecular Hbond substituents is 1. The molecule has 6 N–H and O–H groups in total. The average molecular weight is 418 g/mol. The number of aliphatic hydroxyl groups is 1. The summed E-state index contributed by atoms with van der Waals surface area (Å²) in [5, 5.41) is 22.1. The summed E-state index contributed by atoms with van der Waals surface area (Å²) in [7, 11) is -4.07. The highest BCUT2D eigenvalue weighted by Gasteiger charge is 2.30. The van der Waals surface area contributed by atoms with Crippen molar-refractivity contribution in [3.05, 3.63) is 60.1 Å². The van der Waals surface area contributed by atoms with Crippen molar-refractivity contribution in [1.82, 2.24) is 10.0 Å². The van der Waals surface area contributed by atoms with Crippen LogP contribution in [0.5, 0.6) is 5.75 Å². The summed E-state index contributed by atoms with van der Waals surface area (Å²) < 4.78 is 26.7. The van der Waals surface area contributed by atoms with Crippen LogP contribution in [0, 0.1) is 0 Å². The monoisotopic (exact) mass is 418 g/mol. The van der Waals surface area contributed by atoms with Crippen LogP contribution in [0.25, 0.3) is 11.1 Å². The Labute approximate surface area is 166 Å². The number of nitrogens with one attached hydrogen (secondary N) is 2. The maximum absolute atomic E-state index is 12.2. The van der Waals surface area contributed by atoms with E-state index in [-0.39, 0.29) is 24.4 Å². The maximum atomic E-state index is 12.2. The van der Waals surface area contributed by atoms with E-state index < -0.39 is 27.9 Å². The molecule has 0 atom stereocenters. The number of nitrogens with zero attached hydrogens (tertiary/aromatic N) is 1. The van der Waals surface area contributed by atoms with E-state index in [1.54, 1.807) is 30.3 Å². The van der Waals surface area contributed by atoms with E-state index in [2.05, 4.69) is 5.32 Å². The molecular formula is C18H18N4O6S. The Balaban J connectivity index is 1.90. The number of nitrogens with two attached hydrogens (primary N) is 1. The van der Waals surface area contributed by atoms with Crippen LogP contribution in [0.2, 0.25) is 0 Å². The fourth-order valence-electron chi connectivity index (χ4n) is 2.71. The van der Waals surface area contributed by atoms with Gasteiger partial charge in [0.25, 0.3) is 5.91 Å². The summed E-state index contributed by atoms with van der Waals surface area (Å²) in [5.74, 6) is -1.82. The lowest BCUT2D eigenvalue weighted by molar-refractivity contribution is -0.117. The van der Waals surface area contributed by atoms with Crippen molar-refractivity contribution in [3.8, 4) is 16.9 Å². The van der Waals surface area contributed by atoms with Gasteiger partial charge in [0.2, 0.25) is 11.8 Å². The van der Waals surface area contributed by atoms with E-state index in [9.17, 15) is 28.2 Å². The number of carbonyl (C=O) groups is 2. The number of hydrogen-bond acceptors (Lipinski definition) is 6. The van der Waals surface area contributed by atoms with Gasteiger partial charge in [0.15, 0.2) is 0 Å². The summed E-state index contributed by atoms with van der Waals surface area (Å²) in [6.45, 7) is 0.109. The highest BCUT2D eigenvalue weighted by atomic mass is 32.2. The van der Waals surface area contributed by atoms with Gasteiger partial charge in [-0.05, 0) is 35.4 Å². The second-order valence-electron chi connectivity index (χ2n) is 6.17. The molecular weight excluding hydrogens is 400 g/mol. The van der Waals surface area contributed by atoms with Crippen molar-refractivity contribution in [2.75, 3.05) is 10.8 Å². The van der Waals surface area contributed by atoms with Crippen LogP contribution >= 0.6 is 0 Å². The van der Waals surface area contributed by atoms with Crippen molar-refractivity contribution >= 4 is 27.7 Å². The summed E-state index contributed by atoms with van der Waals surface area (Å²) >= 11 is 0. The third kappa shape index (κ3) is 4.41. The smallest absolute Gasteiger partial charge is 0.330 e. The second-order valence-corrected chi connectivity index (χ2v) is 7.72. The zero-order chi connectivity index (χ0) is 21.2. The molecule has 2 aromatic carbocycles. The van der Waals surface area contributed by atoms with Crippen molar-refractivity contribution in [3.63, 3.8) is 0 Å². The Morgan fingerprint density at radius 2 is 1.83 bits per heavy atom. The molecule has 0 bridgehead atoms. The molecule has 1 heterocycles. The van der Waals surface area contributed by atoms with Gasteiger partial charge < -0.3 is 21.3 Å². The van der Waals surface area contributed by atoms with E-state index in [0.717, 1.165) is 6.20 Å². The molecule has 0 saturated heterocycles. The first-order chi connectivity index (χ1) is 13.7. The molecule has 11 heteroatoms. The zero-order valence-corrected chi connectivity index (χ0v) is 15.8. The molecule has 10 nitrogen and oxygen atoms in total. The predicted octanol–water partition coefficient (Wildman–Crippen LogP) is 0.676. The highest BCUT2D eigenvalue weighted by molar-refractivity contribution is 7.91. The molecule has 0 spiro atoms. The van der Waals surface area contributed by atoms with Gasteiger partial charge in [-0.3, -0.25) is 9.59 Å². The number of anilines is 1. The number of aromatic hydroxyl groups is 1. The quantitative estimate of drug-likeness (QED) is 0.463. The SMILES string of the molecule is NC(=O)CCNC(=O)c1cccc(-c2ccc(O)c(N3C=C(O)NS3(=O)=O)c2)c1. The summed E-state index contributed by atoms with van der Waals surface area (Å²) in [4.78, 5) is 23.0. The lowest BCUT2D eigenvalue weighted by atomic mass is 10.0. The number of hydrogen-bond donors (Lipinski definition) is 5. The maximum Gasteiger partial charge on any atom is 0.330 e. The molecule has 0 unspecified atom stereocenters. The van der Waals surface area contributed by atoms with E-state index in [1.165, 1.54) is 12.1 Å². The lowest BCUT2D eigenvalue weighted by Gasteiger charge is -2.16. The molecule has 0 aromatic heterocycles. The first kappa shape index (κ1) is 20.0. The predicted molar refractivity (Wildman–Crippen MR) is 105 cm³/mol. The third-order valence-corrected chi connectivity index (χ3v) is 5.35. The minimum atomic E-state index is -4.07. The van der Waals surface area contributed by atoms with Crippen molar-refractivity contribution in [2.24, 2.45) is 5.73 Å². The number of benzene rings is 2. The van der Waals surface area contributed by atoms with Gasteiger partial charge in [-0.1, -0.05) is 18.2 Å². The van der Waals surface area contributed by atoms with Gasteiger partial charge >= 0.3 is 10.2 Å². The number of phenols is 1. The number of carbonyl (C=O) groups excluding carboxylic acids is 2. The van der Waals surface area contributed by atoms with Gasteiger partial charge in [-0.15, -0.1) is 0 Å². The molecule has 1 aliphatic rings. The highest BCUT2D eigenvalue weighted by Crippen LogP contribution is 2.35. The van der Waals surface area contributed by atoms with Gasteiger partial charge in [-0.25, -0.2) is 9.03 Å². The second kappa shape index (κ2) is 7.72. The average Bonchev–Trinajstić information content (AvgIpc) is 2.93. The fourth-order valence-corrected chi connectivity index (χ4v) is 3.77. The Morgan fingerprint density at radius 1 is 1.10 bits per heavy atom. The molecule has 2 amide bonds. The Bertz CT molecular complexity index is 1110.